The van der Waals surface area contributed by atoms with E-state index in [1.54, 1.807) is 0 Å². The average Bonchev–Trinajstić information content (AvgIpc) is 3.55. The second-order valence-electron chi connectivity index (χ2n) is 9.20. The molecule has 2 saturated heterocycles. The third kappa shape index (κ3) is 5.83. The second kappa shape index (κ2) is 11.0. The first-order valence-corrected chi connectivity index (χ1v) is 11.9. The maximum absolute atomic E-state index is 12.9. The SMILES string of the molecule is N[C@H](C(=O)N1CCCC1)[C@H]1CC[C@@H](NC(=O)[C@@H]2COCN2C(=O)OCc2ccccc2)CC1. The fourth-order valence-electron chi connectivity index (χ4n) is 4.91. The van der Waals surface area contributed by atoms with Crippen LogP contribution in [-0.4, -0.2) is 72.3 Å². The quantitative estimate of drug-likeness (QED) is 0.669. The summed E-state index contributed by atoms with van der Waals surface area (Å²) in [6.07, 6.45) is 4.68. The molecule has 1 aliphatic carbocycles. The van der Waals surface area contributed by atoms with E-state index in [9.17, 15) is 14.4 Å². The highest BCUT2D eigenvalue weighted by Gasteiger charge is 2.38. The fourth-order valence-corrected chi connectivity index (χ4v) is 4.91. The number of benzene rings is 1. The van der Waals surface area contributed by atoms with Gasteiger partial charge in [-0.15, -0.1) is 0 Å². The summed E-state index contributed by atoms with van der Waals surface area (Å²) in [5.74, 6) is -0.0247. The Balaban J connectivity index is 1.22. The normalized spacial score (nSPS) is 26.2. The minimum atomic E-state index is -0.704. The molecule has 0 radical (unpaired) electrons. The monoisotopic (exact) mass is 458 g/mol. The zero-order valence-electron chi connectivity index (χ0n) is 19.0. The van der Waals surface area contributed by atoms with Gasteiger partial charge in [0, 0.05) is 19.1 Å². The number of rotatable bonds is 6. The van der Waals surface area contributed by atoms with Gasteiger partial charge < -0.3 is 25.4 Å². The Hall–Kier alpha value is -2.65. The number of amides is 3. The lowest BCUT2D eigenvalue weighted by molar-refractivity contribution is -0.133. The first-order valence-electron chi connectivity index (χ1n) is 11.9. The summed E-state index contributed by atoms with van der Waals surface area (Å²) in [4.78, 5) is 41.2. The molecule has 3 N–H and O–H groups in total. The maximum atomic E-state index is 12.9. The summed E-state index contributed by atoms with van der Waals surface area (Å²) in [5.41, 5.74) is 7.17. The van der Waals surface area contributed by atoms with Crippen molar-refractivity contribution in [2.45, 2.75) is 63.3 Å². The Bertz CT molecular complexity index is 821. The summed E-state index contributed by atoms with van der Waals surface area (Å²) in [6.45, 7) is 1.95. The van der Waals surface area contributed by atoms with Crippen molar-refractivity contribution in [3.8, 4) is 0 Å². The Morgan fingerprint density at radius 3 is 2.48 bits per heavy atom. The van der Waals surface area contributed by atoms with Crippen molar-refractivity contribution < 1.29 is 23.9 Å². The van der Waals surface area contributed by atoms with Gasteiger partial charge in [0.15, 0.2) is 0 Å². The van der Waals surface area contributed by atoms with E-state index in [0.717, 1.165) is 57.2 Å². The van der Waals surface area contributed by atoms with Crippen LogP contribution in [0.25, 0.3) is 0 Å². The van der Waals surface area contributed by atoms with Crippen LogP contribution in [-0.2, 0) is 25.7 Å². The molecular formula is C24H34N4O5. The summed E-state index contributed by atoms with van der Waals surface area (Å²) in [6, 6.07) is 8.24. The molecule has 1 saturated carbocycles. The smallest absolute Gasteiger partial charge is 0.412 e. The molecule has 2 heterocycles. The number of hydrogen-bond acceptors (Lipinski definition) is 6. The van der Waals surface area contributed by atoms with Gasteiger partial charge in [0.05, 0.1) is 12.6 Å². The molecule has 9 heteroatoms. The molecule has 0 unspecified atom stereocenters. The minimum absolute atomic E-state index is 0.00521. The van der Waals surface area contributed by atoms with Crippen LogP contribution in [0.4, 0.5) is 4.79 Å². The van der Waals surface area contributed by atoms with Gasteiger partial charge in [-0.3, -0.25) is 14.5 Å². The van der Waals surface area contributed by atoms with Crippen LogP contribution in [0.1, 0.15) is 44.1 Å². The summed E-state index contributed by atoms with van der Waals surface area (Å²) < 4.78 is 10.7. The van der Waals surface area contributed by atoms with Gasteiger partial charge in [0.2, 0.25) is 11.8 Å². The van der Waals surface area contributed by atoms with Crippen LogP contribution in [0, 0.1) is 5.92 Å². The molecule has 3 aliphatic rings. The van der Waals surface area contributed by atoms with E-state index < -0.39 is 18.2 Å². The first-order chi connectivity index (χ1) is 16.0. The molecular weight excluding hydrogens is 424 g/mol. The van der Waals surface area contributed by atoms with E-state index >= 15 is 0 Å². The van der Waals surface area contributed by atoms with E-state index in [-0.39, 0.29) is 43.7 Å². The van der Waals surface area contributed by atoms with Crippen molar-refractivity contribution in [3.05, 3.63) is 35.9 Å². The fraction of sp³-hybridized carbons (Fsp3) is 0.625. The number of likely N-dealkylation sites (tertiary alicyclic amines) is 1. The third-order valence-electron chi connectivity index (χ3n) is 6.95. The molecule has 2 atom stereocenters. The van der Waals surface area contributed by atoms with E-state index in [4.69, 9.17) is 15.2 Å². The lowest BCUT2D eigenvalue weighted by atomic mass is 9.81. The number of nitrogens with one attached hydrogen (secondary N) is 1. The topological polar surface area (TPSA) is 114 Å². The van der Waals surface area contributed by atoms with Crippen LogP contribution < -0.4 is 11.1 Å². The molecule has 2 aliphatic heterocycles. The number of nitrogens with two attached hydrogens (primary N) is 1. The van der Waals surface area contributed by atoms with Gasteiger partial charge in [0.25, 0.3) is 0 Å². The minimum Gasteiger partial charge on any atom is -0.444 e. The van der Waals surface area contributed by atoms with Crippen LogP contribution in [0.2, 0.25) is 0 Å². The molecule has 0 bridgehead atoms. The molecule has 180 valence electrons. The summed E-state index contributed by atoms with van der Waals surface area (Å²) >= 11 is 0. The van der Waals surface area contributed by atoms with Gasteiger partial charge in [-0.2, -0.15) is 0 Å². The van der Waals surface area contributed by atoms with E-state index in [0.29, 0.717) is 0 Å². The second-order valence-corrected chi connectivity index (χ2v) is 9.20. The Kier molecular flexibility index (Phi) is 7.82. The Morgan fingerprint density at radius 2 is 1.79 bits per heavy atom. The van der Waals surface area contributed by atoms with Crippen molar-refractivity contribution in [2.75, 3.05) is 26.4 Å². The van der Waals surface area contributed by atoms with Crippen molar-refractivity contribution in [1.29, 1.82) is 0 Å². The number of hydrogen-bond donors (Lipinski definition) is 2. The molecule has 0 spiro atoms. The van der Waals surface area contributed by atoms with E-state index in [1.807, 2.05) is 35.2 Å². The van der Waals surface area contributed by atoms with Crippen LogP contribution in [0.3, 0.4) is 0 Å². The molecule has 33 heavy (non-hydrogen) atoms. The number of nitrogens with zero attached hydrogens (tertiary/aromatic N) is 2. The first kappa shape index (κ1) is 23.5. The van der Waals surface area contributed by atoms with Crippen LogP contribution >= 0.6 is 0 Å². The zero-order valence-corrected chi connectivity index (χ0v) is 19.0. The van der Waals surface area contributed by atoms with Crippen molar-refractivity contribution >= 4 is 17.9 Å². The molecule has 3 amide bonds. The van der Waals surface area contributed by atoms with Gasteiger partial charge in [-0.1, -0.05) is 30.3 Å². The van der Waals surface area contributed by atoms with Gasteiger partial charge in [-0.25, -0.2) is 4.79 Å². The molecule has 9 nitrogen and oxygen atoms in total. The molecule has 1 aromatic carbocycles. The summed E-state index contributed by atoms with van der Waals surface area (Å²) in [5, 5.41) is 3.06. The highest BCUT2D eigenvalue weighted by Crippen LogP contribution is 2.28. The standard InChI is InChI=1S/C24H34N4O5/c25-21(23(30)27-12-4-5-13-27)18-8-10-19(11-9-18)26-22(29)20-15-32-16-28(20)24(31)33-14-17-6-2-1-3-7-17/h1-3,6-7,18-21H,4-5,8-16,25H2,(H,26,29)/t18-,19+,20-,21-/m0/s1. The molecule has 4 rings (SSSR count). The van der Waals surface area contributed by atoms with Crippen LogP contribution in [0.5, 0.6) is 0 Å². The largest absolute Gasteiger partial charge is 0.444 e. The molecule has 3 fully saturated rings. The maximum Gasteiger partial charge on any atom is 0.412 e. The lowest BCUT2D eigenvalue weighted by Crippen LogP contribution is -2.52. The van der Waals surface area contributed by atoms with Gasteiger partial charge in [-0.05, 0) is 50.0 Å². The number of carbonyl (C=O) groups is 3. The third-order valence-corrected chi connectivity index (χ3v) is 6.95. The Labute approximate surface area is 194 Å². The number of ether oxygens (including phenoxy) is 2. The number of carbonyl (C=O) groups excluding carboxylic acids is 3. The predicted octanol–water partition coefficient (Wildman–Crippen LogP) is 1.61. The van der Waals surface area contributed by atoms with Crippen molar-refractivity contribution in [3.63, 3.8) is 0 Å². The average molecular weight is 459 g/mol. The molecule has 1 aromatic rings. The highest BCUT2D eigenvalue weighted by molar-refractivity contribution is 5.86. The lowest BCUT2D eigenvalue weighted by Gasteiger charge is -2.34. The zero-order chi connectivity index (χ0) is 23.2. The highest BCUT2D eigenvalue weighted by atomic mass is 16.6. The van der Waals surface area contributed by atoms with Gasteiger partial charge in [0.1, 0.15) is 19.4 Å². The summed E-state index contributed by atoms with van der Waals surface area (Å²) in [7, 11) is 0. The van der Waals surface area contributed by atoms with Gasteiger partial charge >= 0.3 is 6.09 Å². The van der Waals surface area contributed by atoms with Crippen LogP contribution in [0.15, 0.2) is 30.3 Å². The predicted molar refractivity (Wildman–Crippen MR) is 121 cm³/mol. The molecule has 0 aromatic heterocycles. The van der Waals surface area contributed by atoms with Crippen molar-refractivity contribution in [2.24, 2.45) is 11.7 Å². The Morgan fingerprint density at radius 1 is 1.09 bits per heavy atom. The van der Waals surface area contributed by atoms with E-state index in [1.165, 1.54) is 4.90 Å². The van der Waals surface area contributed by atoms with E-state index in [2.05, 4.69) is 5.32 Å². The van der Waals surface area contributed by atoms with Crippen molar-refractivity contribution in [1.82, 2.24) is 15.1 Å².